The number of nitrogens with zero attached hydrogens (tertiary/aromatic N) is 2. The number of amides is 2. The molecule has 0 aromatic heterocycles. The molecule has 202 valence electrons. The van der Waals surface area contributed by atoms with E-state index in [1.165, 1.54) is 23.3 Å². The predicted octanol–water partition coefficient (Wildman–Crippen LogP) is 4.01. The van der Waals surface area contributed by atoms with Crippen molar-refractivity contribution in [3.05, 3.63) is 65.0 Å². The predicted molar refractivity (Wildman–Crippen MR) is 141 cm³/mol. The van der Waals surface area contributed by atoms with Gasteiger partial charge in [0.25, 0.3) is 0 Å². The molecule has 0 radical (unpaired) electrons. The summed E-state index contributed by atoms with van der Waals surface area (Å²) in [5.74, 6) is -0.663. The highest BCUT2D eigenvalue weighted by molar-refractivity contribution is 5.90. The highest BCUT2D eigenvalue weighted by atomic mass is 19.1. The summed E-state index contributed by atoms with van der Waals surface area (Å²) >= 11 is 0. The van der Waals surface area contributed by atoms with Crippen LogP contribution in [0.2, 0.25) is 0 Å². The first kappa shape index (κ1) is 27.4. The molecule has 0 spiro atoms. The monoisotopic (exact) mass is 522 g/mol. The fourth-order valence-corrected chi connectivity index (χ4v) is 4.89. The van der Waals surface area contributed by atoms with Crippen molar-refractivity contribution in [1.29, 1.82) is 5.26 Å². The maximum Gasteiger partial charge on any atom is 0.408 e. The lowest BCUT2D eigenvalue weighted by Gasteiger charge is -2.37. The molecule has 2 aromatic rings. The normalized spacial score (nSPS) is 17.5. The Balaban J connectivity index is 1.41. The van der Waals surface area contributed by atoms with Crippen molar-refractivity contribution >= 4 is 17.7 Å². The van der Waals surface area contributed by atoms with Crippen LogP contribution >= 0.6 is 0 Å². The quantitative estimate of drug-likeness (QED) is 0.594. The summed E-state index contributed by atoms with van der Waals surface area (Å²) in [6, 6.07) is 14.1. The minimum atomic E-state index is -1.20. The van der Waals surface area contributed by atoms with E-state index in [4.69, 9.17) is 9.47 Å². The third-order valence-corrected chi connectivity index (χ3v) is 6.90. The summed E-state index contributed by atoms with van der Waals surface area (Å²) in [6.45, 7) is 7.44. The van der Waals surface area contributed by atoms with Gasteiger partial charge in [0.05, 0.1) is 6.07 Å². The number of hydrogen-bond acceptors (Lipinski definition) is 6. The number of nitriles is 1. The van der Waals surface area contributed by atoms with Gasteiger partial charge in [-0.2, -0.15) is 5.26 Å². The summed E-state index contributed by atoms with van der Waals surface area (Å²) in [7, 11) is 0. The van der Waals surface area contributed by atoms with Crippen LogP contribution in [0.5, 0.6) is 0 Å². The number of nitrogens with one attached hydrogen (secondary N) is 2. The molecule has 8 nitrogen and oxygen atoms in total. The van der Waals surface area contributed by atoms with Crippen molar-refractivity contribution in [2.75, 3.05) is 24.7 Å². The third-order valence-electron chi connectivity index (χ3n) is 6.90. The van der Waals surface area contributed by atoms with Gasteiger partial charge >= 0.3 is 6.09 Å². The van der Waals surface area contributed by atoms with Gasteiger partial charge in [-0.05, 0) is 68.1 Å². The van der Waals surface area contributed by atoms with Crippen molar-refractivity contribution in [2.45, 2.75) is 70.2 Å². The summed E-state index contributed by atoms with van der Waals surface area (Å²) in [5.41, 5.74) is 2.42. The summed E-state index contributed by atoms with van der Waals surface area (Å²) < 4.78 is 24.1. The standard InChI is InChI=1S/C29H35FN4O4/c1-28(2,3)38-27(36)33-29(11-14-37-15-12-29)26(35)32-24(18-31)17-20-4-5-22-19-34(13-10-21(22)16-20)25-8-6-23(30)7-9-25/h4-9,16,24H,10-15,17,19H2,1-3H3,(H,32,35)(H,33,36)/t24-/m0/s1. The SMILES string of the molecule is CC(C)(C)OC(=O)NC1(C(=O)N[C@H](C#N)Cc2ccc3c(c2)CCN(c2ccc(F)cc2)C3)CCOCC1. The Kier molecular flexibility index (Phi) is 8.22. The zero-order valence-electron chi connectivity index (χ0n) is 22.2. The van der Waals surface area contributed by atoms with Crippen LogP contribution in [0.3, 0.4) is 0 Å². The maximum absolute atomic E-state index is 13.4. The van der Waals surface area contributed by atoms with Crippen LogP contribution in [0.25, 0.3) is 0 Å². The van der Waals surface area contributed by atoms with Crippen molar-refractivity contribution in [1.82, 2.24) is 10.6 Å². The number of ether oxygens (including phenoxy) is 2. The number of anilines is 1. The number of benzene rings is 2. The van der Waals surface area contributed by atoms with Crippen LogP contribution in [-0.4, -0.2) is 48.9 Å². The molecular weight excluding hydrogens is 487 g/mol. The minimum absolute atomic E-state index is 0.252. The molecule has 0 saturated carbocycles. The highest BCUT2D eigenvalue weighted by Gasteiger charge is 2.43. The van der Waals surface area contributed by atoms with Crippen LogP contribution in [-0.2, 0) is 33.7 Å². The molecule has 1 saturated heterocycles. The van der Waals surface area contributed by atoms with Gasteiger partial charge in [0.1, 0.15) is 23.0 Å². The van der Waals surface area contributed by atoms with E-state index in [1.54, 1.807) is 32.9 Å². The van der Waals surface area contributed by atoms with E-state index in [0.717, 1.165) is 30.8 Å². The molecule has 0 aliphatic carbocycles. The molecule has 9 heteroatoms. The molecule has 2 aromatic carbocycles. The topological polar surface area (TPSA) is 104 Å². The van der Waals surface area contributed by atoms with E-state index >= 15 is 0 Å². The highest BCUT2D eigenvalue weighted by Crippen LogP contribution is 2.26. The maximum atomic E-state index is 13.4. The number of rotatable bonds is 6. The number of carbonyl (C=O) groups excluding carboxylic acids is 2. The lowest BCUT2D eigenvalue weighted by molar-refractivity contribution is -0.132. The zero-order chi connectivity index (χ0) is 27.3. The van der Waals surface area contributed by atoms with Crippen molar-refractivity contribution in [3.63, 3.8) is 0 Å². The summed E-state index contributed by atoms with van der Waals surface area (Å²) in [4.78, 5) is 28.1. The second kappa shape index (κ2) is 11.4. The van der Waals surface area contributed by atoms with Crippen molar-refractivity contribution in [2.24, 2.45) is 0 Å². The Morgan fingerprint density at radius 1 is 1.16 bits per heavy atom. The first-order valence-electron chi connectivity index (χ1n) is 13.0. The number of fused-ring (bicyclic) bond motifs is 1. The fourth-order valence-electron chi connectivity index (χ4n) is 4.89. The molecule has 2 N–H and O–H groups in total. The van der Waals surface area contributed by atoms with E-state index in [2.05, 4.69) is 33.7 Å². The van der Waals surface area contributed by atoms with Crippen LogP contribution in [0.4, 0.5) is 14.9 Å². The van der Waals surface area contributed by atoms with Crippen LogP contribution in [0, 0.1) is 17.1 Å². The van der Waals surface area contributed by atoms with Crippen LogP contribution < -0.4 is 15.5 Å². The second-order valence-corrected chi connectivity index (χ2v) is 10.9. The number of alkyl carbamates (subject to hydrolysis) is 1. The Labute approximate surface area is 223 Å². The summed E-state index contributed by atoms with van der Waals surface area (Å²) in [5, 5.41) is 15.4. The number of hydrogen-bond donors (Lipinski definition) is 2. The smallest absolute Gasteiger partial charge is 0.408 e. The van der Waals surface area contributed by atoms with Crippen LogP contribution in [0.15, 0.2) is 42.5 Å². The molecule has 0 bridgehead atoms. The van der Waals surface area contributed by atoms with Gasteiger partial charge in [0.2, 0.25) is 5.91 Å². The molecule has 0 unspecified atom stereocenters. The first-order valence-corrected chi connectivity index (χ1v) is 13.0. The average molecular weight is 523 g/mol. The van der Waals surface area contributed by atoms with Crippen molar-refractivity contribution in [3.8, 4) is 6.07 Å². The Hall–Kier alpha value is -3.64. The van der Waals surface area contributed by atoms with Crippen LogP contribution in [0.1, 0.15) is 50.3 Å². The van der Waals surface area contributed by atoms with Crippen molar-refractivity contribution < 1.29 is 23.5 Å². The molecule has 2 heterocycles. The lowest BCUT2D eigenvalue weighted by atomic mass is 9.88. The van der Waals surface area contributed by atoms with E-state index in [1.807, 2.05) is 6.07 Å². The van der Waals surface area contributed by atoms with Gasteiger partial charge in [-0.3, -0.25) is 4.79 Å². The largest absolute Gasteiger partial charge is 0.444 e. The van der Waals surface area contributed by atoms with Gasteiger partial charge in [0, 0.05) is 51.3 Å². The van der Waals surface area contributed by atoms with Gasteiger partial charge in [-0.1, -0.05) is 18.2 Å². The molecule has 2 amide bonds. The van der Waals surface area contributed by atoms with E-state index in [0.29, 0.717) is 32.5 Å². The first-order chi connectivity index (χ1) is 18.1. The summed E-state index contributed by atoms with van der Waals surface area (Å²) in [6.07, 6.45) is 1.08. The fraction of sp³-hybridized carbons (Fsp3) is 0.483. The average Bonchev–Trinajstić information content (AvgIpc) is 2.87. The van der Waals surface area contributed by atoms with E-state index in [-0.39, 0.29) is 5.82 Å². The van der Waals surface area contributed by atoms with E-state index in [9.17, 15) is 19.2 Å². The molecule has 2 aliphatic heterocycles. The zero-order valence-corrected chi connectivity index (χ0v) is 22.2. The minimum Gasteiger partial charge on any atom is -0.444 e. The number of carbonyl (C=O) groups is 2. The molecular formula is C29H35FN4O4. The molecule has 4 rings (SSSR count). The molecule has 1 atom stereocenters. The van der Waals surface area contributed by atoms with E-state index < -0.39 is 29.2 Å². The van der Waals surface area contributed by atoms with Gasteiger partial charge < -0.3 is 25.0 Å². The van der Waals surface area contributed by atoms with Gasteiger partial charge in [-0.15, -0.1) is 0 Å². The Morgan fingerprint density at radius 2 is 1.87 bits per heavy atom. The molecule has 2 aliphatic rings. The lowest BCUT2D eigenvalue weighted by Crippen LogP contribution is -2.63. The third kappa shape index (κ3) is 6.81. The van der Waals surface area contributed by atoms with Gasteiger partial charge in [-0.25, -0.2) is 9.18 Å². The Morgan fingerprint density at radius 3 is 2.53 bits per heavy atom. The second-order valence-electron chi connectivity index (χ2n) is 10.9. The molecule has 38 heavy (non-hydrogen) atoms. The van der Waals surface area contributed by atoms with Gasteiger partial charge in [0.15, 0.2) is 0 Å². The Bertz CT molecular complexity index is 1200. The molecule has 1 fully saturated rings. The number of halogens is 1.